The normalized spacial score (nSPS) is 9.82. The van der Waals surface area contributed by atoms with Crippen LogP contribution in [0, 0.1) is 0 Å². The molecule has 0 aliphatic carbocycles. The van der Waals surface area contributed by atoms with Gasteiger partial charge in [-0.2, -0.15) is 0 Å². The molecule has 0 aromatic heterocycles. The maximum absolute atomic E-state index is 11.3. The maximum atomic E-state index is 11.3. The molecule has 0 radical (unpaired) electrons. The molecule has 0 heterocycles. The van der Waals surface area contributed by atoms with Crippen molar-refractivity contribution in [2.75, 3.05) is 14.2 Å². The van der Waals surface area contributed by atoms with Crippen molar-refractivity contribution in [2.24, 2.45) is 0 Å². The van der Waals surface area contributed by atoms with Crippen molar-refractivity contribution >= 4 is 27.7 Å². The number of halogens is 1. The Bertz CT molecular complexity index is 482. The van der Waals surface area contributed by atoms with E-state index >= 15 is 0 Å². The molecular formula is C10H9BrO6. The summed E-state index contributed by atoms with van der Waals surface area (Å²) in [7, 11) is 2.68. The van der Waals surface area contributed by atoms with Gasteiger partial charge in [0.1, 0.15) is 10.2 Å². The lowest BCUT2D eigenvalue weighted by Crippen LogP contribution is -2.13. The van der Waals surface area contributed by atoms with Gasteiger partial charge in [0.2, 0.25) is 0 Å². The van der Waals surface area contributed by atoms with Crippen LogP contribution in [0.5, 0.6) is 17.2 Å². The van der Waals surface area contributed by atoms with Gasteiger partial charge in [-0.1, -0.05) is 0 Å². The van der Waals surface area contributed by atoms with Crippen LogP contribution in [0.2, 0.25) is 0 Å². The average molecular weight is 305 g/mol. The van der Waals surface area contributed by atoms with Crippen molar-refractivity contribution in [2.45, 2.75) is 0 Å². The number of Topliss-reactive ketones (excluding diaryl/α,β-unsaturated/α-hetero) is 1. The van der Waals surface area contributed by atoms with Crippen LogP contribution in [0.1, 0.15) is 10.4 Å². The van der Waals surface area contributed by atoms with Gasteiger partial charge >= 0.3 is 5.97 Å². The zero-order valence-electron chi connectivity index (χ0n) is 8.98. The number of carboxylic acid groups (broad SMARTS) is 1. The van der Waals surface area contributed by atoms with Crippen LogP contribution in [0.4, 0.5) is 0 Å². The van der Waals surface area contributed by atoms with E-state index in [4.69, 9.17) is 14.6 Å². The first-order valence-electron chi connectivity index (χ1n) is 4.35. The number of ketones is 1. The zero-order valence-corrected chi connectivity index (χ0v) is 10.6. The van der Waals surface area contributed by atoms with Crippen molar-refractivity contribution in [1.82, 2.24) is 0 Å². The molecule has 0 atom stereocenters. The van der Waals surface area contributed by atoms with Crippen LogP contribution in [-0.4, -0.2) is 36.2 Å². The quantitative estimate of drug-likeness (QED) is 0.646. The van der Waals surface area contributed by atoms with Gasteiger partial charge in [0.15, 0.2) is 11.5 Å². The number of benzene rings is 1. The minimum atomic E-state index is -1.67. The molecule has 0 fully saturated rings. The Hall–Kier alpha value is -1.76. The van der Waals surface area contributed by atoms with Gasteiger partial charge < -0.3 is 19.7 Å². The minimum absolute atomic E-state index is 0.0592. The lowest BCUT2D eigenvalue weighted by atomic mass is 10.1. The van der Waals surface area contributed by atoms with E-state index in [-0.39, 0.29) is 21.5 Å². The molecule has 7 heteroatoms. The number of carbonyl (C=O) groups excluding carboxylic acids is 1. The molecule has 0 saturated carbocycles. The molecule has 2 N–H and O–H groups in total. The molecule has 0 amide bonds. The van der Waals surface area contributed by atoms with Gasteiger partial charge in [-0.15, -0.1) is 0 Å². The number of methoxy groups -OCH3 is 2. The lowest BCUT2D eigenvalue weighted by Gasteiger charge is -2.12. The van der Waals surface area contributed by atoms with E-state index in [0.717, 1.165) is 6.07 Å². The highest BCUT2D eigenvalue weighted by molar-refractivity contribution is 9.10. The van der Waals surface area contributed by atoms with Gasteiger partial charge in [0, 0.05) is 0 Å². The summed E-state index contributed by atoms with van der Waals surface area (Å²) in [6, 6.07) is 1.11. The number of phenolic OH excluding ortho intramolecular Hbond substituents is 1. The number of phenols is 1. The van der Waals surface area contributed by atoms with Gasteiger partial charge in [-0.25, -0.2) is 4.79 Å². The Labute approximate surface area is 105 Å². The highest BCUT2D eigenvalue weighted by Crippen LogP contribution is 2.43. The molecule has 0 aliphatic rings. The fourth-order valence-corrected chi connectivity index (χ4v) is 1.80. The number of hydrogen-bond donors (Lipinski definition) is 2. The fourth-order valence-electron chi connectivity index (χ4n) is 1.23. The molecule has 17 heavy (non-hydrogen) atoms. The van der Waals surface area contributed by atoms with Gasteiger partial charge in [-0.3, -0.25) is 4.79 Å². The predicted octanol–water partition coefficient (Wildman–Crippen LogP) is 1.44. The Balaban J connectivity index is 3.50. The van der Waals surface area contributed by atoms with Crippen LogP contribution >= 0.6 is 15.9 Å². The predicted molar refractivity (Wildman–Crippen MR) is 60.9 cm³/mol. The summed E-state index contributed by atoms with van der Waals surface area (Å²) in [5.74, 6) is -3.09. The monoisotopic (exact) mass is 304 g/mol. The molecule has 0 unspecified atom stereocenters. The number of aromatic hydroxyl groups is 1. The van der Waals surface area contributed by atoms with E-state index in [1.165, 1.54) is 14.2 Å². The molecule has 6 nitrogen and oxygen atoms in total. The van der Waals surface area contributed by atoms with Crippen LogP contribution in [0.25, 0.3) is 0 Å². The number of carboxylic acids is 1. The number of hydrogen-bond acceptors (Lipinski definition) is 5. The average Bonchev–Trinajstić information content (AvgIpc) is 2.31. The summed E-state index contributed by atoms with van der Waals surface area (Å²) in [5.41, 5.74) is -0.373. The van der Waals surface area contributed by atoms with E-state index in [1.807, 2.05) is 0 Å². The minimum Gasteiger partial charge on any atom is -0.506 e. The Morgan fingerprint density at radius 2 is 1.88 bits per heavy atom. The van der Waals surface area contributed by atoms with Gasteiger partial charge in [0.05, 0.1) is 19.8 Å². The number of ether oxygens (including phenoxy) is 2. The lowest BCUT2D eigenvalue weighted by molar-refractivity contribution is -0.131. The SMILES string of the molecule is COc1cc(C(=O)C(=O)O)c(O)c(Br)c1OC. The molecule has 0 aliphatic heterocycles. The van der Waals surface area contributed by atoms with E-state index in [0.29, 0.717) is 0 Å². The van der Waals surface area contributed by atoms with E-state index in [1.54, 1.807) is 0 Å². The van der Waals surface area contributed by atoms with Crippen molar-refractivity contribution in [3.05, 3.63) is 16.1 Å². The summed E-state index contributed by atoms with van der Waals surface area (Å²) in [6.45, 7) is 0. The highest BCUT2D eigenvalue weighted by Gasteiger charge is 2.25. The molecule has 1 aromatic rings. The molecule has 0 saturated heterocycles. The third-order valence-electron chi connectivity index (χ3n) is 2.02. The van der Waals surface area contributed by atoms with Crippen LogP contribution in [0.3, 0.4) is 0 Å². The summed E-state index contributed by atoms with van der Waals surface area (Å²) < 4.78 is 9.94. The Kier molecular flexibility index (Phi) is 3.95. The molecule has 92 valence electrons. The molecule has 1 aromatic carbocycles. The number of aliphatic carboxylic acids is 1. The van der Waals surface area contributed by atoms with Crippen molar-refractivity contribution in [3.8, 4) is 17.2 Å². The van der Waals surface area contributed by atoms with E-state index < -0.39 is 17.5 Å². The van der Waals surface area contributed by atoms with E-state index in [2.05, 4.69) is 15.9 Å². The van der Waals surface area contributed by atoms with Crippen LogP contribution in [0.15, 0.2) is 10.5 Å². The van der Waals surface area contributed by atoms with Gasteiger partial charge in [-0.05, 0) is 22.0 Å². The first-order chi connectivity index (χ1) is 7.93. The van der Waals surface area contributed by atoms with Gasteiger partial charge in [0.25, 0.3) is 5.78 Å². The topological polar surface area (TPSA) is 93.1 Å². The second kappa shape index (κ2) is 5.05. The van der Waals surface area contributed by atoms with Crippen molar-refractivity contribution in [1.29, 1.82) is 0 Å². The van der Waals surface area contributed by atoms with Crippen LogP contribution < -0.4 is 9.47 Å². The Morgan fingerprint density at radius 3 is 2.29 bits per heavy atom. The number of rotatable bonds is 4. The second-order valence-electron chi connectivity index (χ2n) is 2.96. The summed E-state index contributed by atoms with van der Waals surface area (Å²) >= 11 is 3.00. The third-order valence-corrected chi connectivity index (χ3v) is 2.76. The Morgan fingerprint density at radius 1 is 1.29 bits per heavy atom. The fraction of sp³-hybridized carbons (Fsp3) is 0.200. The first-order valence-corrected chi connectivity index (χ1v) is 5.14. The van der Waals surface area contributed by atoms with Crippen molar-refractivity contribution < 1.29 is 29.3 Å². The molecule has 0 bridgehead atoms. The van der Waals surface area contributed by atoms with E-state index in [9.17, 15) is 14.7 Å². The standard InChI is InChI=1S/C10H9BrO6/c1-16-5-3-4(8(13)10(14)15)7(12)6(11)9(5)17-2/h3,12H,1-2H3,(H,14,15). The molecule has 0 spiro atoms. The second-order valence-corrected chi connectivity index (χ2v) is 3.75. The third kappa shape index (κ3) is 2.33. The number of carbonyl (C=O) groups is 2. The largest absolute Gasteiger partial charge is 0.506 e. The first kappa shape index (κ1) is 13.3. The summed E-state index contributed by atoms with van der Waals surface area (Å²) in [6.07, 6.45) is 0. The van der Waals surface area contributed by atoms with Crippen LogP contribution in [-0.2, 0) is 4.79 Å². The summed E-state index contributed by atoms with van der Waals surface area (Å²) in [4.78, 5) is 21.9. The molecule has 1 rings (SSSR count). The zero-order chi connectivity index (χ0) is 13.2. The smallest absolute Gasteiger partial charge is 0.377 e. The summed E-state index contributed by atoms with van der Waals surface area (Å²) in [5, 5.41) is 18.3. The molecular weight excluding hydrogens is 296 g/mol. The van der Waals surface area contributed by atoms with Crippen molar-refractivity contribution in [3.63, 3.8) is 0 Å². The highest BCUT2D eigenvalue weighted by atomic mass is 79.9. The maximum Gasteiger partial charge on any atom is 0.377 e.